The van der Waals surface area contributed by atoms with Crippen LogP contribution in [0, 0.1) is 13.8 Å². The minimum absolute atomic E-state index is 0.250. The Balaban J connectivity index is 0.00000134. The van der Waals surface area contributed by atoms with E-state index in [-0.39, 0.29) is 18.1 Å². The van der Waals surface area contributed by atoms with E-state index in [1.165, 1.54) is 0 Å². The van der Waals surface area contributed by atoms with Gasteiger partial charge in [-0.05, 0) is 49.7 Å². The number of nitrogens with one attached hydrogen (secondary N) is 2. The summed E-state index contributed by atoms with van der Waals surface area (Å²) in [5.74, 6) is -0.366. The van der Waals surface area contributed by atoms with Crippen LogP contribution in [0.1, 0.15) is 21.7 Å². The lowest BCUT2D eigenvalue weighted by Gasteiger charge is -2.13. The Morgan fingerprint density at radius 2 is 1.82 bits per heavy atom. The van der Waals surface area contributed by atoms with Crippen LogP contribution in [-0.4, -0.2) is 69.1 Å². The number of carboxylic acid groups (broad SMARTS) is 1. The smallest absolute Gasteiger partial charge is 0.290 e. The minimum Gasteiger partial charge on any atom is -0.483 e. The number of aryl methyl sites for hydroxylation is 2. The average molecular weight is 534 g/mol. The molecule has 0 aliphatic heterocycles. The molecule has 39 heavy (non-hydrogen) atoms. The van der Waals surface area contributed by atoms with E-state index in [4.69, 9.17) is 19.4 Å². The van der Waals surface area contributed by atoms with Gasteiger partial charge in [0.2, 0.25) is 0 Å². The van der Waals surface area contributed by atoms with Crippen molar-refractivity contribution >= 4 is 29.4 Å². The molecule has 0 saturated heterocycles. The van der Waals surface area contributed by atoms with E-state index in [0.717, 1.165) is 16.9 Å². The predicted octanol–water partition coefficient (Wildman–Crippen LogP) is 3.71. The first-order chi connectivity index (χ1) is 19.0. The highest BCUT2D eigenvalue weighted by atomic mass is 16.5. The normalized spacial score (nSPS) is 10.3. The summed E-state index contributed by atoms with van der Waals surface area (Å²) in [5, 5.41) is 17.8. The summed E-state index contributed by atoms with van der Waals surface area (Å²) in [5.41, 5.74) is 5.28. The van der Waals surface area contributed by atoms with Gasteiger partial charge in [-0.15, -0.1) is 0 Å². The van der Waals surface area contributed by atoms with Gasteiger partial charge in [-0.25, -0.2) is 4.98 Å². The summed E-state index contributed by atoms with van der Waals surface area (Å²) in [7, 11) is 1.63. The summed E-state index contributed by atoms with van der Waals surface area (Å²) in [4.78, 5) is 34.8. The zero-order chi connectivity index (χ0) is 28.0. The van der Waals surface area contributed by atoms with Gasteiger partial charge >= 0.3 is 0 Å². The molecule has 4 aromatic heterocycles. The second-order valence-electron chi connectivity index (χ2n) is 8.20. The third kappa shape index (κ3) is 8.42. The quantitative estimate of drug-likeness (QED) is 0.192. The molecule has 12 heteroatoms. The highest BCUT2D eigenvalue weighted by molar-refractivity contribution is 6.08. The Hall–Kier alpha value is -4.68. The van der Waals surface area contributed by atoms with Gasteiger partial charge in [0.25, 0.3) is 12.4 Å². The maximum atomic E-state index is 13.4. The van der Waals surface area contributed by atoms with E-state index < -0.39 is 0 Å². The molecule has 0 unspecified atom stereocenters. The number of pyridine rings is 3. The van der Waals surface area contributed by atoms with Gasteiger partial charge in [0.1, 0.15) is 5.69 Å². The molecule has 1 amide bonds. The van der Waals surface area contributed by atoms with Crippen molar-refractivity contribution in [3.05, 3.63) is 78.1 Å². The summed E-state index contributed by atoms with van der Waals surface area (Å²) in [6.07, 6.45) is 6.84. The molecule has 4 rings (SSSR count). The summed E-state index contributed by atoms with van der Waals surface area (Å²) in [6, 6.07) is 11.1. The van der Waals surface area contributed by atoms with Crippen molar-refractivity contribution in [2.24, 2.45) is 0 Å². The average Bonchev–Trinajstić information content (AvgIpc) is 3.34. The molecule has 0 bridgehead atoms. The van der Waals surface area contributed by atoms with Gasteiger partial charge < -0.3 is 25.2 Å². The number of hydrogen-bond donors (Lipinski definition) is 3. The highest BCUT2D eigenvalue weighted by Gasteiger charge is 2.19. The standard InChI is InChI=1S/C26H29N7O3.CH2O2/c1-18-16-29-19(2)15-22(18)30-21-8-6-10-28-25(21)26(34)31-23-17-33(11-12-36-14-13-35-3)32-24(23)20-7-4-5-9-27-20;2-1-3/h4-10,15-17H,11-14H2,1-3H3,(H,29,30)(H,31,34);1H,(H,2,3). The second kappa shape index (κ2) is 14.9. The highest BCUT2D eigenvalue weighted by Crippen LogP contribution is 2.27. The molecule has 0 radical (unpaired) electrons. The molecule has 12 nitrogen and oxygen atoms in total. The maximum Gasteiger partial charge on any atom is 0.290 e. The van der Waals surface area contributed by atoms with Gasteiger partial charge in [0.05, 0.1) is 43.4 Å². The molecule has 0 fully saturated rings. The largest absolute Gasteiger partial charge is 0.483 e. The van der Waals surface area contributed by atoms with E-state index in [9.17, 15) is 4.79 Å². The van der Waals surface area contributed by atoms with Gasteiger partial charge in [0, 0.05) is 43.3 Å². The molecular weight excluding hydrogens is 502 g/mol. The van der Waals surface area contributed by atoms with Crippen LogP contribution in [0.5, 0.6) is 0 Å². The van der Waals surface area contributed by atoms with Gasteiger partial charge in [-0.1, -0.05) is 6.07 Å². The summed E-state index contributed by atoms with van der Waals surface area (Å²) >= 11 is 0. The molecule has 0 saturated carbocycles. The molecule has 0 aliphatic carbocycles. The van der Waals surface area contributed by atoms with Crippen molar-refractivity contribution in [2.45, 2.75) is 20.4 Å². The van der Waals surface area contributed by atoms with Crippen LogP contribution in [-0.2, 0) is 20.8 Å². The first-order valence-electron chi connectivity index (χ1n) is 12.1. The third-order valence-corrected chi connectivity index (χ3v) is 5.35. The van der Waals surface area contributed by atoms with Gasteiger partial charge in [-0.3, -0.25) is 24.2 Å². The van der Waals surface area contributed by atoms with Crippen LogP contribution in [0.4, 0.5) is 17.1 Å². The first kappa shape index (κ1) is 28.9. The number of methoxy groups -OCH3 is 1. The van der Waals surface area contributed by atoms with E-state index in [2.05, 4.69) is 30.7 Å². The van der Waals surface area contributed by atoms with Crippen molar-refractivity contribution in [2.75, 3.05) is 37.6 Å². The topological polar surface area (TPSA) is 153 Å². The Morgan fingerprint density at radius 3 is 2.56 bits per heavy atom. The van der Waals surface area contributed by atoms with Crippen LogP contribution in [0.15, 0.2) is 61.2 Å². The molecule has 3 N–H and O–H groups in total. The van der Waals surface area contributed by atoms with E-state index >= 15 is 0 Å². The fourth-order valence-corrected chi connectivity index (χ4v) is 3.50. The Morgan fingerprint density at radius 1 is 1.03 bits per heavy atom. The van der Waals surface area contributed by atoms with Crippen molar-refractivity contribution in [1.29, 1.82) is 0 Å². The zero-order valence-corrected chi connectivity index (χ0v) is 22.0. The predicted molar refractivity (Wildman–Crippen MR) is 146 cm³/mol. The van der Waals surface area contributed by atoms with Crippen LogP contribution in [0.2, 0.25) is 0 Å². The number of rotatable bonds is 11. The number of ether oxygens (including phenoxy) is 2. The number of nitrogens with zero attached hydrogens (tertiary/aromatic N) is 5. The van der Waals surface area contributed by atoms with Crippen molar-refractivity contribution < 1.29 is 24.2 Å². The first-order valence-corrected chi connectivity index (χ1v) is 12.1. The molecule has 4 aromatic rings. The summed E-state index contributed by atoms with van der Waals surface area (Å²) < 4.78 is 12.3. The lowest BCUT2D eigenvalue weighted by atomic mass is 10.2. The molecular formula is C27H31N7O5. The Kier molecular flexibility index (Phi) is 11.0. The lowest BCUT2D eigenvalue weighted by Crippen LogP contribution is -2.16. The maximum absolute atomic E-state index is 13.4. The SMILES string of the molecule is COCCOCCn1cc(NC(=O)c2ncccc2Nc2cc(C)ncc2C)c(-c2ccccn2)n1.O=CO. The molecule has 0 spiro atoms. The van der Waals surface area contributed by atoms with Crippen LogP contribution in [0.25, 0.3) is 11.4 Å². The lowest BCUT2D eigenvalue weighted by molar-refractivity contribution is -0.122. The summed E-state index contributed by atoms with van der Waals surface area (Å²) in [6.45, 7) is 5.62. The monoisotopic (exact) mass is 533 g/mol. The third-order valence-electron chi connectivity index (χ3n) is 5.35. The number of aromatic nitrogens is 5. The second-order valence-corrected chi connectivity index (χ2v) is 8.20. The fourth-order valence-electron chi connectivity index (χ4n) is 3.50. The Bertz CT molecular complexity index is 1360. The number of amides is 1. The molecule has 0 aromatic carbocycles. The van der Waals surface area contributed by atoms with Crippen LogP contribution >= 0.6 is 0 Å². The van der Waals surface area contributed by atoms with Crippen molar-refractivity contribution in [3.8, 4) is 11.4 Å². The Labute approximate surface area is 226 Å². The fraction of sp³-hybridized carbons (Fsp3) is 0.259. The number of carbonyl (C=O) groups excluding carboxylic acids is 1. The molecule has 4 heterocycles. The molecule has 0 aliphatic rings. The van der Waals surface area contributed by atoms with E-state index in [0.29, 0.717) is 49.1 Å². The van der Waals surface area contributed by atoms with Crippen LogP contribution in [0.3, 0.4) is 0 Å². The van der Waals surface area contributed by atoms with E-state index in [1.54, 1.807) is 42.6 Å². The van der Waals surface area contributed by atoms with Gasteiger partial charge in [0.15, 0.2) is 5.69 Å². The van der Waals surface area contributed by atoms with Crippen LogP contribution < -0.4 is 10.6 Å². The zero-order valence-electron chi connectivity index (χ0n) is 22.0. The number of hydrogen-bond acceptors (Lipinski definition) is 9. The van der Waals surface area contributed by atoms with Gasteiger partial charge in [-0.2, -0.15) is 5.10 Å². The number of anilines is 3. The minimum atomic E-state index is -0.366. The number of carbonyl (C=O) groups is 2. The molecule has 0 atom stereocenters. The van der Waals surface area contributed by atoms with Crippen molar-refractivity contribution in [1.82, 2.24) is 24.7 Å². The van der Waals surface area contributed by atoms with Crippen molar-refractivity contribution in [3.63, 3.8) is 0 Å². The molecule has 204 valence electrons. The van der Waals surface area contributed by atoms with E-state index in [1.807, 2.05) is 44.2 Å².